The van der Waals surface area contributed by atoms with Crippen LogP contribution in [0.1, 0.15) is 12.8 Å². The third-order valence-corrected chi connectivity index (χ3v) is 1.88. The molecule has 64 valence electrons. The fraction of sp³-hybridized carbons (Fsp3) is 0.857. The van der Waals surface area contributed by atoms with Crippen molar-refractivity contribution >= 4 is 5.97 Å². The lowest BCUT2D eigenvalue weighted by Gasteiger charge is -2.26. The molecule has 1 aliphatic heterocycles. The summed E-state index contributed by atoms with van der Waals surface area (Å²) in [7, 11) is 1.32. The van der Waals surface area contributed by atoms with Gasteiger partial charge in [0.15, 0.2) is 0 Å². The molecule has 2 N–H and O–H groups in total. The summed E-state index contributed by atoms with van der Waals surface area (Å²) in [5.74, 6) is -0.378. The summed E-state index contributed by atoms with van der Waals surface area (Å²) in [6.45, 7) is 0.775. The van der Waals surface area contributed by atoms with Gasteiger partial charge in [0.2, 0.25) is 0 Å². The van der Waals surface area contributed by atoms with Crippen LogP contribution in [0.2, 0.25) is 0 Å². The minimum Gasteiger partial charge on any atom is -0.468 e. The Bertz CT molecular complexity index is 149. The molecule has 0 aromatic carbocycles. The van der Waals surface area contributed by atoms with Gasteiger partial charge in [0.25, 0.3) is 0 Å². The van der Waals surface area contributed by atoms with E-state index in [0.29, 0.717) is 6.42 Å². The van der Waals surface area contributed by atoms with Gasteiger partial charge in [0.05, 0.1) is 13.2 Å². The number of aliphatic hydroxyl groups is 1. The molecule has 0 aliphatic carbocycles. The summed E-state index contributed by atoms with van der Waals surface area (Å²) in [6, 6.07) is -0.520. The molecular formula is C7H13NO3. The van der Waals surface area contributed by atoms with Gasteiger partial charge < -0.3 is 15.2 Å². The van der Waals surface area contributed by atoms with Crippen LogP contribution in [0.5, 0.6) is 0 Å². The summed E-state index contributed by atoms with van der Waals surface area (Å²) >= 11 is 0. The third-order valence-electron chi connectivity index (χ3n) is 1.88. The predicted octanol–water partition coefficient (Wildman–Crippen LogP) is -0.728. The van der Waals surface area contributed by atoms with Gasteiger partial charge in [0.1, 0.15) is 6.04 Å². The van der Waals surface area contributed by atoms with Crippen molar-refractivity contribution in [3.8, 4) is 0 Å². The van der Waals surface area contributed by atoms with E-state index in [4.69, 9.17) is 0 Å². The minimum atomic E-state index is -0.587. The number of carbonyl (C=O) groups is 1. The van der Waals surface area contributed by atoms with E-state index in [0.717, 1.165) is 13.0 Å². The van der Waals surface area contributed by atoms with Crippen LogP contribution in [-0.2, 0) is 9.53 Å². The van der Waals surface area contributed by atoms with Gasteiger partial charge in [-0.1, -0.05) is 0 Å². The second kappa shape index (κ2) is 3.69. The molecule has 1 fully saturated rings. The summed E-state index contributed by atoms with van der Waals surface area (Å²) in [4.78, 5) is 10.9. The van der Waals surface area contributed by atoms with E-state index in [9.17, 15) is 9.90 Å². The molecule has 1 aliphatic rings. The van der Waals surface area contributed by atoms with E-state index in [1.165, 1.54) is 7.11 Å². The fourth-order valence-electron chi connectivity index (χ4n) is 1.24. The first kappa shape index (κ1) is 8.49. The quantitative estimate of drug-likeness (QED) is 0.495. The standard InChI is InChI=1S/C7H13NO3/c1-11-7(10)6-5(9)3-2-4-8-6/h5-6,8-9H,2-4H2,1H3/t5-,6+/m1/s1. The zero-order chi connectivity index (χ0) is 8.27. The first-order valence-corrected chi connectivity index (χ1v) is 3.75. The van der Waals surface area contributed by atoms with Gasteiger partial charge in [-0.15, -0.1) is 0 Å². The van der Waals surface area contributed by atoms with Gasteiger partial charge >= 0.3 is 5.97 Å². The first-order chi connectivity index (χ1) is 5.25. The van der Waals surface area contributed by atoms with Gasteiger partial charge in [-0.2, -0.15) is 0 Å². The summed E-state index contributed by atoms with van der Waals surface area (Å²) in [5, 5.41) is 12.2. The number of ether oxygens (including phenoxy) is 1. The van der Waals surface area contributed by atoms with E-state index < -0.39 is 12.1 Å². The molecule has 4 nitrogen and oxygen atoms in total. The van der Waals surface area contributed by atoms with Crippen molar-refractivity contribution in [3.63, 3.8) is 0 Å². The zero-order valence-electron chi connectivity index (χ0n) is 6.54. The molecule has 0 radical (unpaired) electrons. The number of carbonyl (C=O) groups excluding carboxylic acids is 1. The van der Waals surface area contributed by atoms with Crippen LogP contribution in [0, 0.1) is 0 Å². The molecule has 0 aromatic rings. The molecule has 0 unspecified atom stereocenters. The summed E-state index contributed by atoms with van der Waals surface area (Å²) in [5.41, 5.74) is 0. The predicted molar refractivity (Wildman–Crippen MR) is 39.0 cm³/mol. The highest BCUT2D eigenvalue weighted by atomic mass is 16.5. The molecule has 0 saturated carbocycles. The number of nitrogens with one attached hydrogen (secondary N) is 1. The molecule has 1 rings (SSSR count). The monoisotopic (exact) mass is 159 g/mol. The number of esters is 1. The normalized spacial score (nSPS) is 31.5. The zero-order valence-corrected chi connectivity index (χ0v) is 6.54. The molecule has 4 heteroatoms. The number of hydrogen-bond donors (Lipinski definition) is 2. The molecule has 1 saturated heterocycles. The Morgan fingerprint density at radius 1 is 1.73 bits per heavy atom. The Kier molecular flexibility index (Phi) is 2.84. The van der Waals surface area contributed by atoms with Crippen LogP contribution < -0.4 is 5.32 Å². The van der Waals surface area contributed by atoms with Crippen molar-refractivity contribution in [3.05, 3.63) is 0 Å². The Balaban J connectivity index is 2.47. The van der Waals surface area contributed by atoms with Crippen molar-refractivity contribution in [2.75, 3.05) is 13.7 Å². The Labute approximate surface area is 65.5 Å². The van der Waals surface area contributed by atoms with E-state index in [1.807, 2.05) is 0 Å². The maximum absolute atomic E-state index is 10.9. The molecule has 0 spiro atoms. The molecule has 2 atom stereocenters. The van der Waals surface area contributed by atoms with E-state index >= 15 is 0 Å². The van der Waals surface area contributed by atoms with Gasteiger partial charge in [-0.3, -0.25) is 4.79 Å². The minimum absolute atomic E-state index is 0.378. The highest BCUT2D eigenvalue weighted by Crippen LogP contribution is 2.08. The van der Waals surface area contributed by atoms with Crippen LogP contribution in [-0.4, -0.2) is 36.9 Å². The highest BCUT2D eigenvalue weighted by molar-refractivity contribution is 5.76. The van der Waals surface area contributed by atoms with Crippen LogP contribution in [0.15, 0.2) is 0 Å². The maximum atomic E-state index is 10.9. The van der Waals surface area contributed by atoms with Crippen LogP contribution in [0.25, 0.3) is 0 Å². The Morgan fingerprint density at radius 3 is 3.00 bits per heavy atom. The largest absolute Gasteiger partial charge is 0.468 e. The number of hydrogen-bond acceptors (Lipinski definition) is 4. The summed E-state index contributed by atoms with van der Waals surface area (Å²) in [6.07, 6.45) is 0.998. The summed E-state index contributed by atoms with van der Waals surface area (Å²) < 4.78 is 4.50. The average molecular weight is 159 g/mol. The molecule has 0 aromatic heterocycles. The SMILES string of the molecule is COC(=O)[C@H]1NCCC[C@H]1O. The van der Waals surface area contributed by atoms with Crippen LogP contribution in [0.4, 0.5) is 0 Å². The van der Waals surface area contributed by atoms with Gasteiger partial charge in [0, 0.05) is 0 Å². The van der Waals surface area contributed by atoms with Crippen molar-refractivity contribution < 1.29 is 14.6 Å². The van der Waals surface area contributed by atoms with Crippen molar-refractivity contribution in [1.29, 1.82) is 0 Å². The first-order valence-electron chi connectivity index (χ1n) is 3.75. The molecular weight excluding hydrogens is 146 g/mol. The number of aliphatic hydroxyl groups excluding tert-OH is 1. The smallest absolute Gasteiger partial charge is 0.325 e. The third kappa shape index (κ3) is 1.91. The second-order valence-corrected chi connectivity index (χ2v) is 2.66. The van der Waals surface area contributed by atoms with Crippen LogP contribution in [0.3, 0.4) is 0 Å². The molecule has 0 bridgehead atoms. The Morgan fingerprint density at radius 2 is 2.45 bits per heavy atom. The lowest BCUT2D eigenvalue weighted by molar-refractivity contribution is -0.147. The highest BCUT2D eigenvalue weighted by Gasteiger charge is 2.29. The van der Waals surface area contributed by atoms with E-state index in [1.54, 1.807) is 0 Å². The number of piperidine rings is 1. The lowest BCUT2D eigenvalue weighted by Crippen LogP contribution is -2.50. The van der Waals surface area contributed by atoms with Gasteiger partial charge in [-0.25, -0.2) is 0 Å². The Hall–Kier alpha value is -0.610. The average Bonchev–Trinajstić information content (AvgIpc) is 2.04. The molecule has 0 amide bonds. The number of methoxy groups -OCH3 is 1. The van der Waals surface area contributed by atoms with Crippen molar-refractivity contribution in [2.24, 2.45) is 0 Å². The van der Waals surface area contributed by atoms with E-state index in [-0.39, 0.29) is 5.97 Å². The van der Waals surface area contributed by atoms with Crippen molar-refractivity contribution in [2.45, 2.75) is 25.0 Å². The lowest BCUT2D eigenvalue weighted by atomic mass is 10.0. The maximum Gasteiger partial charge on any atom is 0.325 e. The molecule has 1 heterocycles. The van der Waals surface area contributed by atoms with E-state index in [2.05, 4.69) is 10.1 Å². The second-order valence-electron chi connectivity index (χ2n) is 2.66. The van der Waals surface area contributed by atoms with Gasteiger partial charge in [-0.05, 0) is 19.4 Å². The fourth-order valence-corrected chi connectivity index (χ4v) is 1.24. The number of rotatable bonds is 1. The van der Waals surface area contributed by atoms with Crippen LogP contribution >= 0.6 is 0 Å². The topological polar surface area (TPSA) is 58.6 Å². The van der Waals surface area contributed by atoms with Crippen molar-refractivity contribution in [1.82, 2.24) is 5.32 Å². The molecule has 11 heavy (non-hydrogen) atoms.